The number of nitrogens with one attached hydrogen (secondary N) is 4. The molecular formula is C49H89N7O12. The van der Waals surface area contributed by atoms with Gasteiger partial charge in [-0.25, -0.2) is 9.59 Å². The van der Waals surface area contributed by atoms with Crippen molar-refractivity contribution in [1.29, 1.82) is 0 Å². The smallest absolute Gasteiger partial charge is 0.407 e. The highest BCUT2D eigenvalue weighted by Gasteiger charge is 2.21. The second-order valence-corrected chi connectivity index (χ2v) is 18.5. The Morgan fingerprint density at radius 1 is 0.618 bits per heavy atom. The molecule has 0 bridgehead atoms. The van der Waals surface area contributed by atoms with Gasteiger partial charge in [-0.2, -0.15) is 0 Å². The van der Waals surface area contributed by atoms with Gasteiger partial charge in [0.05, 0.1) is 51.9 Å². The van der Waals surface area contributed by atoms with Crippen LogP contribution in [0.25, 0.3) is 0 Å². The number of alkyl carbamates (subject to hydrolysis) is 1. The summed E-state index contributed by atoms with van der Waals surface area (Å²) in [6, 6.07) is -1.12. The van der Waals surface area contributed by atoms with Gasteiger partial charge in [-0.1, -0.05) is 116 Å². The van der Waals surface area contributed by atoms with E-state index in [0.29, 0.717) is 51.2 Å². The predicted molar refractivity (Wildman–Crippen MR) is 259 cm³/mol. The summed E-state index contributed by atoms with van der Waals surface area (Å²) in [5, 5.41) is 28.4. The van der Waals surface area contributed by atoms with Crippen LogP contribution in [0, 0.1) is 5.41 Å². The largest absolute Gasteiger partial charge is 0.480 e. The summed E-state index contributed by atoms with van der Waals surface area (Å²) in [4.78, 5) is 72.3. The number of Topliss-reactive ketones (excluding diaryl/α,β-unsaturated/α-hetero) is 1. The van der Waals surface area contributed by atoms with Crippen LogP contribution in [-0.2, 0) is 60.6 Å². The lowest BCUT2D eigenvalue weighted by molar-refractivity contribution is -0.142. The first-order chi connectivity index (χ1) is 32.8. The molecule has 1 aromatic heterocycles. The van der Waals surface area contributed by atoms with Crippen LogP contribution in [0.4, 0.5) is 4.79 Å². The summed E-state index contributed by atoms with van der Waals surface area (Å²) < 4.78 is 28.5. The van der Waals surface area contributed by atoms with Gasteiger partial charge in [0.15, 0.2) is 5.78 Å². The van der Waals surface area contributed by atoms with E-state index in [9.17, 15) is 33.9 Å². The number of unbranched alkanes of at least 4 members (excludes halogenated alkanes) is 13. The molecule has 0 spiro atoms. The number of hydrogen-bond acceptors (Lipinski definition) is 13. The van der Waals surface area contributed by atoms with Crippen molar-refractivity contribution in [2.75, 3.05) is 79.1 Å². The van der Waals surface area contributed by atoms with Gasteiger partial charge in [0.25, 0.3) is 0 Å². The monoisotopic (exact) mass is 968 g/mol. The molecule has 0 aromatic carbocycles. The molecule has 392 valence electrons. The van der Waals surface area contributed by atoms with Crippen LogP contribution in [0.15, 0.2) is 6.20 Å². The minimum absolute atomic E-state index is 0.00686. The first-order valence-electron chi connectivity index (χ1n) is 25.5. The van der Waals surface area contributed by atoms with Gasteiger partial charge in [-0.3, -0.25) is 23.9 Å². The van der Waals surface area contributed by atoms with E-state index in [1.165, 1.54) is 57.8 Å². The molecule has 1 unspecified atom stereocenters. The van der Waals surface area contributed by atoms with Crippen LogP contribution in [0.3, 0.4) is 0 Å². The molecule has 0 aliphatic carbocycles. The Morgan fingerprint density at radius 3 is 1.90 bits per heavy atom. The number of aliphatic carboxylic acids is 1. The van der Waals surface area contributed by atoms with E-state index >= 15 is 0 Å². The number of hydrogen-bond donors (Lipinski definition) is 5. The Kier molecular flexibility index (Phi) is 37.9. The average molecular weight is 968 g/mol. The van der Waals surface area contributed by atoms with Crippen molar-refractivity contribution < 1.29 is 57.6 Å². The molecule has 0 saturated heterocycles. The van der Waals surface area contributed by atoms with E-state index in [4.69, 9.17) is 23.7 Å². The predicted octanol–water partition coefficient (Wildman–Crippen LogP) is 6.24. The lowest BCUT2D eigenvalue weighted by Crippen LogP contribution is -2.41. The minimum atomic E-state index is -1.16. The molecule has 0 aliphatic rings. The first-order valence-corrected chi connectivity index (χ1v) is 25.5. The third-order valence-electron chi connectivity index (χ3n) is 10.8. The third kappa shape index (κ3) is 39.8. The van der Waals surface area contributed by atoms with Gasteiger partial charge in [-0.05, 0) is 37.5 Å². The molecular weight excluding hydrogens is 879 g/mol. The molecule has 1 aromatic rings. The van der Waals surface area contributed by atoms with Crippen LogP contribution in [0.5, 0.6) is 0 Å². The SMILES string of the molecule is CCCCCCCCCCCCCCCC(=O)NC(CCC(=O)NCCOCCOCC(=O)CCCOCCOCC(=O)NCCn1cc(CCOC(=O)NCCCCC(C)(C)C)nn1)C(=O)O. The lowest BCUT2D eigenvalue weighted by atomic mass is 9.90. The van der Waals surface area contributed by atoms with E-state index in [1.807, 2.05) is 0 Å². The number of amides is 4. The van der Waals surface area contributed by atoms with Gasteiger partial charge >= 0.3 is 12.1 Å². The highest BCUT2D eigenvalue weighted by molar-refractivity contribution is 5.84. The Hall–Kier alpha value is -4.20. The standard InChI is InChI=1S/C49H89N7O12/c1-5-6-7-8-9-10-11-12-13-14-15-16-17-22-45(59)53-43(47(61)62)23-24-44(58)51-29-33-65-35-36-66-39-42(57)21-20-31-64-34-37-67-40-46(60)50-28-30-56-38-41(54-55-56)25-32-68-48(63)52-27-19-18-26-49(2,3)4/h38,43H,5-37,39-40H2,1-4H3,(H,50,60)(H,51,58)(H,52,63)(H,53,59)(H,61,62). The normalized spacial score (nSPS) is 11.8. The molecule has 1 rings (SSSR count). The number of aromatic nitrogens is 3. The summed E-state index contributed by atoms with van der Waals surface area (Å²) in [6.45, 7) is 11.9. The van der Waals surface area contributed by atoms with E-state index < -0.39 is 18.1 Å². The quantitative estimate of drug-likeness (QED) is 0.0454. The first kappa shape index (κ1) is 61.8. The molecule has 19 nitrogen and oxygen atoms in total. The van der Waals surface area contributed by atoms with Crippen LogP contribution < -0.4 is 21.3 Å². The average Bonchev–Trinajstić information content (AvgIpc) is 3.74. The molecule has 5 N–H and O–H groups in total. The molecule has 1 atom stereocenters. The highest BCUT2D eigenvalue weighted by atomic mass is 16.5. The molecule has 0 aliphatic heterocycles. The molecule has 4 amide bonds. The van der Waals surface area contributed by atoms with Crippen molar-refractivity contribution in [3.8, 4) is 0 Å². The van der Waals surface area contributed by atoms with Crippen molar-refractivity contribution in [1.82, 2.24) is 36.3 Å². The van der Waals surface area contributed by atoms with Crippen LogP contribution in [0.2, 0.25) is 0 Å². The van der Waals surface area contributed by atoms with Crippen LogP contribution in [-0.4, -0.2) is 141 Å². The molecule has 0 radical (unpaired) electrons. The Balaban J connectivity index is 1.93. The van der Waals surface area contributed by atoms with Gasteiger partial charge in [-0.15, -0.1) is 5.10 Å². The van der Waals surface area contributed by atoms with Crippen LogP contribution in [0.1, 0.15) is 168 Å². The number of rotatable bonds is 46. The Labute approximate surface area is 406 Å². The summed E-state index contributed by atoms with van der Waals surface area (Å²) in [7, 11) is 0. The summed E-state index contributed by atoms with van der Waals surface area (Å²) >= 11 is 0. The lowest BCUT2D eigenvalue weighted by Gasteiger charge is -2.17. The second kappa shape index (κ2) is 41.7. The van der Waals surface area contributed by atoms with E-state index in [0.717, 1.165) is 44.9 Å². The maximum atomic E-state index is 12.3. The van der Waals surface area contributed by atoms with Crippen molar-refractivity contribution >= 4 is 35.6 Å². The minimum Gasteiger partial charge on any atom is -0.480 e. The summed E-state index contributed by atoms with van der Waals surface area (Å²) in [5.74, 6) is -2.15. The number of ether oxygens (including phenoxy) is 5. The van der Waals surface area contributed by atoms with Gasteiger partial charge in [0.1, 0.15) is 19.3 Å². The van der Waals surface area contributed by atoms with E-state index in [-0.39, 0.29) is 108 Å². The third-order valence-corrected chi connectivity index (χ3v) is 10.8. The summed E-state index contributed by atoms with van der Waals surface area (Å²) in [5.41, 5.74) is 0.965. The second-order valence-electron chi connectivity index (χ2n) is 18.5. The van der Waals surface area contributed by atoms with Crippen LogP contribution >= 0.6 is 0 Å². The molecule has 1 heterocycles. The number of carbonyl (C=O) groups excluding carboxylic acids is 5. The van der Waals surface area contributed by atoms with E-state index in [1.54, 1.807) is 10.9 Å². The zero-order valence-corrected chi connectivity index (χ0v) is 42.2. The fourth-order valence-corrected chi connectivity index (χ4v) is 6.88. The summed E-state index contributed by atoms with van der Waals surface area (Å²) in [6.07, 6.45) is 21.5. The van der Waals surface area contributed by atoms with E-state index in [2.05, 4.69) is 59.3 Å². The fraction of sp³-hybridized carbons (Fsp3) is 0.837. The fourth-order valence-electron chi connectivity index (χ4n) is 6.88. The molecule has 0 fully saturated rings. The molecule has 68 heavy (non-hydrogen) atoms. The maximum Gasteiger partial charge on any atom is 0.407 e. The maximum absolute atomic E-state index is 12.3. The zero-order valence-electron chi connectivity index (χ0n) is 42.2. The molecule has 19 heteroatoms. The van der Waals surface area contributed by atoms with Crippen molar-refractivity contribution in [2.24, 2.45) is 5.41 Å². The topological polar surface area (TPSA) is 248 Å². The van der Waals surface area contributed by atoms with Crippen molar-refractivity contribution in [2.45, 2.75) is 182 Å². The number of nitrogens with zero attached hydrogens (tertiary/aromatic N) is 3. The number of carboxylic acids is 1. The highest BCUT2D eigenvalue weighted by Crippen LogP contribution is 2.21. The number of ketones is 1. The van der Waals surface area contributed by atoms with Gasteiger partial charge < -0.3 is 50.1 Å². The zero-order chi connectivity index (χ0) is 49.9. The van der Waals surface area contributed by atoms with Gasteiger partial charge in [0, 0.05) is 58.1 Å². The Bertz CT molecular complexity index is 1490. The molecule has 0 saturated carbocycles. The van der Waals surface area contributed by atoms with Crippen molar-refractivity contribution in [3.63, 3.8) is 0 Å². The number of carbonyl (C=O) groups is 6. The Morgan fingerprint density at radius 2 is 1.24 bits per heavy atom. The van der Waals surface area contributed by atoms with Gasteiger partial charge in [0.2, 0.25) is 17.7 Å². The van der Waals surface area contributed by atoms with Crippen molar-refractivity contribution in [3.05, 3.63) is 11.9 Å². The number of carboxylic acid groups (broad SMARTS) is 1.